The first kappa shape index (κ1) is 34.4. The fraction of sp³-hybridized carbons (Fsp3) is 0.562. The van der Waals surface area contributed by atoms with Crippen LogP contribution in [0.5, 0.6) is 5.75 Å². The molecule has 1 aromatic heterocycles. The Morgan fingerprint density at radius 1 is 1.18 bits per heavy atom. The largest absolute Gasteiger partial charge is 0.456 e. The van der Waals surface area contributed by atoms with E-state index in [1.54, 1.807) is 6.07 Å². The number of aromatic nitrogens is 1. The van der Waals surface area contributed by atoms with E-state index in [0.717, 1.165) is 12.8 Å². The summed E-state index contributed by atoms with van der Waals surface area (Å²) in [6.45, 7) is 2.72. The van der Waals surface area contributed by atoms with Crippen LogP contribution in [0.4, 0.5) is 8.78 Å². The first-order chi connectivity index (χ1) is 20.7. The number of carbonyl (C=O) groups is 5. The fourth-order valence-corrected chi connectivity index (χ4v) is 5.27. The zero-order valence-corrected chi connectivity index (χ0v) is 25.4. The summed E-state index contributed by atoms with van der Waals surface area (Å²) in [6, 6.07) is 6.53. The van der Waals surface area contributed by atoms with Crippen molar-refractivity contribution in [1.29, 1.82) is 5.26 Å². The molecule has 1 aliphatic rings. The molecular formula is C32H39F2N3O7. The molecule has 0 spiro atoms. The molecule has 1 aromatic carbocycles. The molecule has 238 valence electrons. The van der Waals surface area contributed by atoms with Crippen LogP contribution in [-0.4, -0.2) is 53.5 Å². The van der Waals surface area contributed by atoms with Crippen molar-refractivity contribution in [3.63, 3.8) is 0 Å². The molecule has 1 saturated carbocycles. The van der Waals surface area contributed by atoms with E-state index in [2.05, 4.69) is 15.0 Å². The minimum absolute atomic E-state index is 0.00412. The Morgan fingerprint density at radius 2 is 1.91 bits per heavy atom. The lowest BCUT2D eigenvalue weighted by atomic mass is 9.82. The third-order valence-electron chi connectivity index (χ3n) is 7.74. The van der Waals surface area contributed by atoms with Crippen LogP contribution < -0.4 is 10.1 Å². The number of carbonyl (C=O) groups excluding carboxylic acids is 5. The summed E-state index contributed by atoms with van der Waals surface area (Å²) in [6.07, 6.45) is 2.58. The van der Waals surface area contributed by atoms with Gasteiger partial charge in [-0.15, -0.1) is 0 Å². The number of aromatic amines is 1. The highest BCUT2D eigenvalue weighted by molar-refractivity contribution is 6.02. The second kappa shape index (κ2) is 15.0. The van der Waals surface area contributed by atoms with E-state index in [0.29, 0.717) is 24.8 Å². The number of benzene rings is 1. The highest BCUT2D eigenvalue weighted by Crippen LogP contribution is 2.30. The number of halogens is 2. The molecule has 3 rings (SSSR count). The number of amides is 1. The second-order valence-electron chi connectivity index (χ2n) is 12.2. The number of hydrogen-bond acceptors (Lipinski definition) is 8. The van der Waals surface area contributed by atoms with Crippen molar-refractivity contribution in [1.82, 2.24) is 10.3 Å². The predicted octanol–water partition coefficient (Wildman–Crippen LogP) is 5.30. The highest BCUT2D eigenvalue weighted by Gasteiger charge is 2.35. The van der Waals surface area contributed by atoms with Crippen molar-refractivity contribution < 1.29 is 42.2 Å². The van der Waals surface area contributed by atoms with Gasteiger partial charge in [-0.25, -0.2) is 0 Å². The van der Waals surface area contributed by atoms with Crippen molar-refractivity contribution in [3.05, 3.63) is 30.0 Å². The van der Waals surface area contributed by atoms with Crippen LogP contribution >= 0.6 is 0 Å². The molecule has 12 heteroatoms. The Kier molecular flexibility index (Phi) is 11.7. The Hall–Kier alpha value is -4.14. The zero-order valence-electron chi connectivity index (χ0n) is 25.4. The monoisotopic (exact) mass is 615 g/mol. The summed E-state index contributed by atoms with van der Waals surface area (Å²) >= 11 is 0. The van der Waals surface area contributed by atoms with Crippen LogP contribution in [0.25, 0.3) is 10.9 Å². The smallest absolute Gasteiger partial charge is 0.387 e. The van der Waals surface area contributed by atoms with Crippen molar-refractivity contribution in [2.75, 3.05) is 6.61 Å². The maximum absolute atomic E-state index is 13.6. The first-order valence-electron chi connectivity index (χ1n) is 14.8. The quantitative estimate of drug-likeness (QED) is 0.202. The molecule has 10 nitrogen and oxygen atoms in total. The van der Waals surface area contributed by atoms with Crippen molar-refractivity contribution >= 4 is 40.1 Å². The van der Waals surface area contributed by atoms with Gasteiger partial charge in [-0.3, -0.25) is 24.0 Å². The summed E-state index contributed by atoms with van der Waals surface area (Å²) in [5.74, 6) is -3.95. The number of ketones is 3. The Morgan fingerprint density at radius 3 is 2.55 bits per heavy atom. The summed E-state index contributed by atoms with van der Waals surface area (Å²) in [7, 11) is 0. The van der Waals surface area contributed by atoms with E-state index in [9.17, 15) is 38.0 Å². The number of esters is 1. The third kappa shape index (κ3) is 9.18. The second-order valence-corrected chi connectivity index (χ2v) is 12.2. The van der Waals surface area contributed by atoms with Gasteiger partial charge in [-0.1, -0.05) is 26.3 Å². The molecule has 2 N–H and O–H groups in total. The SMILES string of the molecule is CC(C)C[C@H](CC(=O)c1cc2c(OC(F)F)cccc2[nH]1)C(=O)N[C@@H](C[C@@H]1CCCCC1=O)C(=O)COC(=O)C(C)(C)C#N. The minimum Gasteiger partial charge on any atom is -0.456 e. The molecule has 0 unspecified atom stereocenters. The molecule has 0 bridgehead atoms. The number of nitrogens with zero attached hydrogens (tertiary/aromatic N) is 1. The number of fused-ring (bicyclic) bond motifs is 1. The van der Waals surface area contributed by atoms with Gasteiger partial charge in [0.2, 0.25) is 5.91 Å². The number of Topliss-reactive ketones (excluding diaryl/α,β-unsaturated/α-hetero) is 3. The van der Waals surface area contributed by atoms with Gasteiger partial charge >= 0.3 is 12.6 Å². The maximum atomic E-state index is 13.6. The normalized spacial score (nSPS) is 16.8. The molecule has 3 atom stereocenters. The predicted molar refractivity (Wildman–Crippen MR) is 156 cm³/mol. The van der Waals surface area contributed by atoms with Gasteiger partial charge in [0.25, 0.3) is 0 Å². The molecule has 0 radical (unpaired) electrons. The summed E-state index contributed by atoms with van der Waals surface area (Å²) in [5.41, 5.74) is -0.955. The number of rotatable bonds is 15. The van der Waals surface area contributed by atoms with Gasteiger partial charge in [0.05, 0.1) is 17.8 Å². The average Bonchev–Trinajstić information content (AvgIpc) is 3.41. The molecule has 1 amide bonds. The molecule has 0 saturated heterocycles. The van der Waals surface area contributed by atoms with Gasteiger partial charge in [0.15, 0.2) is 18.2 Å². The van der Waals surface area contributed by atoms with Crippen LogP contribution in [0.2, 0.25) is 0 Å². The number of hydrogen-bond donors (Lipinski definition) is 2. The van der Waals surface area contributed by atoms with Gasteiger partial charge in [0.1, 0.15) is 16.9 Å². The maximum Gasteiger partial charge on any atom is 0.387 e. The minimum atomic E-state index is -3.05. The average molecular weight is 616 g/mol. The number of ether oxygens (including phenoxy) is 2. The molecule has 2 aromatic rings. The van der Waals surface area contributed by atoms with E-state index in [4.69, 9.17) is 4.74 Å². The lowest BCUT2D eigenvalue weighted by molar-refractivity contribution is -0.154. The van der Waals surface area contributed by atoms with E-state index >= 15 is 0 Å². The van der Waals surface area contributed by atoms with E-state index in [1.165, 1.54) is 32.0 Å². The number of nitriles is 1. The van der Waals surface area contributed by atoms with Crippen LogP contribution in [0.15, 0.2) is 24.3 Å². The topological polar surface area (TPSA) is 155 Å². The van der Waals surface area contributed by atoms with E-state index in [-0.39, 0.29) is 41.4 Å². The standard InChI is InChI=1S/C32H39F2N3O7/c1-18(2)12-20(14-26(39)24-15-21-22(36-24)9-7-11-28(21)44-31(33)34)29(41)37-23(13-19-8-5-6-10-25(19)38)27(40)16-43-30(42)32(3,4)17-35/h7,9,11,15,18-20,23,31,36H,5-6,8,10,12-14,16H2,1-4H3,(H,37,41)/t19-,20+,23-/m0/s1. The van der Waals surface area contributed by atoms with Gasteiger partial charge < -0.3 is 19.8 Å². The lowest BCUT2D eigenvalue weighted by Gasteiger charge is -2.27. The van der Waals surface area contributed by atoms with Crippen LogP contribution in [-0.2, 0) is 23.9 Å². The van der Waals surface area contributed by atoms with Gasteiger partial charge in [-0.2, -0.15) is 14.0 Å². The number of H-pyrrole nitrogens is 1. The summed E-state index contributed by atoms with van der Waals surface area (Å²) in [5, 5.41) is 12.2. The molecule has 1 aliphatic carbocycles. The fourth-order valence-electron chi connectivity index (χ4n) is 5.27. The van der Waals surface area contributed by atoms with Crippen molar-refractivity contribution in [2.45, 2.75) is 85.3 Å². The number of nitrogens with one attached hydrogen (secondary N) is 2. The van der Waals surface area contributed by atoms with Crippen molar-refractivity contribution in [3.8, 4) is 11.8 Å². The van der Waals surface area contributed by atoms with Gasteiger partial charge in [0, 0.05) is 35.6 Å². The van der Waals surface area contributed by atoms with E-state index < -0.39 is 60.0 Å². The van der Waals surface area contributed by atoms with Crippen molar-refractivity contribution in [2.24, 2.45) is 23.2 Å². The lowest BCUT2D eigenvalue weighted by Crippen LogP contribution is -2.47. The molecule has 0 aliphatic heterocycles. The van der Waals surface area contributed by atoms with Crippen LogP contribution in [0.3, 0.4) is 0 Å². The van der Waals surface area contributed by atoms with Crippen LogP contribution in [0, 0.1) is 34.5 Å². The highest BCUT2D eigenvalue weighted by atomic mass is 19.3. The van der Waals surface area contributed by atoms with Crippen LogP contribution in [0.1, 0.15) is 83.1 Å². The summed E-state index contributed by atoms with van der Waals surface area (Å²) in [4.78, 5) is 67.9. The van der Waals surface area contributed by atoms with E-state index in [1.807, 2.05) is 19.9 Å². The summed E-state index contributed by atoms with van der Waals surface area (Å²) < 4.78 is 35.4. The first-order valence-corrected chi connectivity index (χ1v) is 14.8. The Bertz CT molecular complexity index is 1430. The van der Waals surface area contributed by atoms with Gasteiger partial charge in [-0.05, 0) is 63.6 Å². The molecule has 44 heavy (non-hydrogen) atoms. The zero-order chi connectivity index (χ0) is 32.6. The molecule has 1 heterocycles. The molecule has 1 fully saturated rings. The Labute approximate surface area is 254 Å². The molecular weight excluding hydrogens is 576 g/mol. The Balaban J connectivity index is 1.80. The third-order valence-corrected chi connectivity index (χ3v) is 7.74. The number of alkyl halides is 2.